The van der Waals surface area contributed by atoms with Crippen LogP contribution >= 0.6 is 0 Å². The van der Waals surface area contributed by atoms with Gasteiger partial charge < -0.3 is 5.11 Å². The summed E-state index contributed by atoms with van der Waals surface area (Å²) >= 11 is 0. The summed E-state index contributed by atoms with van der Waals surface area (Å²) in [5.41, 5.74) is 2.21. The van der Waals surface area contributed by atoms with Crippen molar-refractivity contribution in [3.8, 4) is 0 Å². The Labute approximate surface area is 104 Å². The summed E-state index contributed by atoms with van der Waals surface area (Å²) in [6.07, 6.45) is 11.5. The van der Waals surface area contributed by atoms with E-state index in [9.17, 15) is 5.11 Å². The largest absolute Gasteiger partial charge is 0.388 e. The summed E-state index contributed by atoms with van der Waals surface area (Å²) in [4.78, 5) is 4.10. The van der Waals surface area contributed by atoms with Crippen LogP contribution in [-0.4, -0.2) is 10.1 Å². The van der Waals surface area contributed by atoms with E-state index < -0.39 is 0 Å². The number of aliphatic hydroxyl groups excluding tert-OH is 1. The molecule has 1 rings (SSSR count). The fourth-order valence-electron chi connectivity index (χ4n) is 2.02. The molecule has 0 aliphatic rings. The van der Waals surface area contributed by atoms with Gasteiger partial charge in [0.25, 0.3) is 0 Å². The second kappa shape index (κ2) is 8.02. The smallest absolute Gasteiger partial charge is 0.0793 e. The molecule has 17 heavy (non-hydrogen) atoms. The van der Waals surface area contributed by atoms with Gasteiger partial charge in [0.05, 0.1) is 6.10 Å². The van der Waals surface area contributed by atoms with Gasteiger partial charge in [-0.2, -0.15) is 0 Å². The number of aryl methyl sites for hydroxylation is 1. The van der Waals surface area contributed by atoms with Crippen molar-refractivity contribution in [3.63, 3.8) is 0 Å². The zero-order chi connectivity index (χ0) is 12.5. The molecule has 1 unspecified atom stereocenters. The first-order valence-electron chi connectivity index (χ1n) is 6.51. The Kier molecular flexibility index (Phi) is 6.56. The van der Waals surface area contributed by atoms with Gasteiger partial charge in [0.15, 0.2) is 0 Å². The van der Waals surface area contributed by atoms with Crippen molar-refractivity contribution in [2.24, 2.45) is 0 Å². The Morgan fingerprint density at radius 2 is 2.24 bits per heavy atom. The predicted octanol–water partition coefficient (Wildman–Crippen LogP) is 3.81. The van der Waals surface area contributed by atoms with Crippen molar-refractivity contribution in [2.75, 3.05) is 0 Å². The van der Waals surface area contributed by atoms with Crippen molar-refractivity contribution in [3.05, 3.63) is 42.2 Å². The number of hydrogen-bond donors (Lipinski definition) is 1. The molecule has 0 saturated heterocycles. The number of nitrogens with zero attached hydrogens (tertiary/aromatic N) is 1. The number of allylic oxidation sites excluding steroid dienone is 1. The molecule has 1 N–H and O–H groups in total. The average molecular weight is 233 g/mol. The summed E-state index contributed by atoms with van der Waals surface area (Å²) in [7, 11) is 0. The lowest BCUT2D eigenvalue weighted by Gasteiger charge is -2.14. The van der Waals surface area contributed by atoms with E-state index in [4.69, 9.17) is 0 Å². The van der Waals surface area contributed by atoms with Gasteiger partial charge in [0.2, 0.25) is 0 Å². The molecule has 0 saturated carbocycles. The molecule has 1 heterocycles. The second-order valence-electron chi connectivity index (χ2n) is 4.37. The number of rotatable bonds is 8. The third-order valence-electron chi connectivity index (χ3n) is 3.07. The highest BCUT2D eigenvalue weighted by atomic mass is 16.3. The first kappa shape index (κ1) is 13.9. The summed E-state index contributed by atoms with van der Waals surface area (Å²) in [5.74, 6) is 0. The maximum Gasteiger partial charge on any atom is 0.0793 e. The Bertz CT molecular complexity index is 335. The van der Waals surface area contributed by atoms with Gasteiger partial charge in [-0.25, -0.2) is 0 Å². The molecular weight excluding hydrogens is 210 g/mol. The van der Waals surface area contributed by atoms with Crippen LogP contribution in [0.2, 0.25) is 0 Å². The van der Waals surface area contributed by atoms with Gasteiger partial charge >= 0.3 is 0 Å². The van der Waals surface area contributed by atoms with Gasteiger partial charge in [0.1, 0.15) is 0 Å². The van der Waals surface area contributed by atoms with Crippen molar-refractivity contribution in [2.45, 2.75) is 51.6 Å². The monoisotopic (exact) mass is 233 g/mol. The predicted molar refractivity (Wildman–Crippen MR) is 71.9 cm³/mol. The van der Waals surface area contributed by atoms with E-state index >= 15 is 0 Å². The second-order valence-corrected chi connectivity index (χ2v) is 4.37. The lowest BCUT2D eigenvalue weighted by atomic mass is 9.98. The van der Waals surface area contributed by atoms with Crippen LogP contribution in [-0.2, 0) is 6.42 Å². The van der Waals surface area contributed by atoms with Crippen molar-refractivity contribution < 1.29 is 5.11 Å². The van der Waals surface area contributed by atoms with E-state index in [0.717, 1.165) is 43.2 Å². The van der Waals surface area contributed by atoms with Crippen LogP contribution in [0.5, 0.6) is 0 Å². The number of unbranched alkanes of at least 4 members (excludes halogenated alkanes) is 3. The molecular formula is C15H23NO. The van der Waals surface area contributed by atoms with Crippen molar-refractivity contribution in [1.29, 1.82) is 0 Å². The Balaban J connectivity index is 2.40. The number of aliphatic hydroxyl groups is 1. The number of hydrogen-bond acceptors (Lipinski definition) is 2. The van der Waals surface area contributed by atoms with E-state index in [1.807, 2.05) is 18.3 Å². The zero-order valence-electron chi connectivity index (χ0n) is 10.7. The molecule has 0 aromatic carbocycles. The third kappa shape index (κ3) is 4.70. The van der Waals surface area contributed by atoms with Crippen LogP contribution in [0.25, 0.3) is 0 Å². The molecule has 0 fully saturated rings. The van der Waals surface area contributed by atoms with Crippen LogP contribution in [0.3, 0.4) is 0 Å². The quantitative estimate of drug-likeness (QED) is 0.547. The standard InChI is InChI=1S/C15H23NO/c1-3-5-6-7-8-9-15(17)14-10-11-16-12-13(14)4-2/h3,10-12,15,17H,1,4-9H2,2H3. The first-order chi connectivity index (χ1) is 8.29. The van der Waals surface area contributed by atoms with Crippen LogP contribution in [0, 0.1) is 0 Å². The molecule has 94 valence electrons. The maximum absolute atomic E-state index is 10.1. The molecule has 0 aliphatic carbocycles. The molecule has 0 radical (unpaired) electrons. The lowest BCUT2D eigenvalue weighted by molar-refractivity contribution is 0.162. The fraction of sp³-hybridized carbons (Fsp3) is 0.533. The topological polar surface area (TPSA) is 33.1 Å². The van der Waals surface area contributed by atoms with Crippen LogP contribution in [0.15, 0.2) is 31.1 Å². The molecule has 0 bridgehead atoms. The first-order valence-corrected chi connectivity index (χ1v) is 6.51. The number of pyridine rings is 1. The minimum absolute atomic E-state index is 0.336. The van der Waals surface area contributed by atoms with Crippen LogP contribution in [0.1, 0.15) is 56.3 Å². The van der Waals surface area contributed by atoms with Crippen LogP contribution in [0.4, 0.5) is 0 Å². The van der Waals surface area contributed by atoms with Crippen molar-refractivity contribution >= 4 is 0 Å². The molecule has 0 amide bonds. The maximum atomic E-state index is 10.1. The minimum Gasteiger partial charge on any atom is -0.388 e. The third-order valence-corrected chi connectivity index (χ3v) is 3.07. The van der Waals surface area contributed by atoms with Crippen molar-refractivity contribution in [1.82, 2.24) is 4.98 Å². The number of aromatic nitrogens is 1. The Morgan fingerprint density at radius 1 is 1.41 bits per heavy atom. The highest BCUT2D eigenvalue weighted by Gasteiger charge is 2.10. The zero-order valence-corrected chi connectivity index (χ0v) is 10.7. The van der Waals surface area contributed by atoms with Gasteiger partial charge in [-0.1, -0.05) is 25.8 Å². The molecule has 2 heteroatoms. The van der Waals surface area contributed by atoms with Gasteiger partial charge in [0, 0.05) is 12.4 Å². The van der Waals surface area contributed by atoms with E-state index in [1.54, 1.807) is 6.20 Å². The van der Waals surface area contributed by atoms with Gasteiger partial charge in [-0.05, 0) is 42.9 Å². The highest BCUT2D eigenvalue weighted by Crippen LogP contribution is 2.23. The van der Waals surface area contributed by atoms with Crippen LogP contribution < -0.4 is 0 Å². The SMILES string of the molecule is C=CCCCCCC(O)c1ccncc1CC. The van der Waals surface area contributed by atoms with E-state index in [-0.39, 0.29) is 6.10 Å². The van der Waals surface area contributed by atoms with E-state index in [1.165, 1.54) is 6.42 Å². The molecule has 0 aliphatic heterocycles. The normalized spacial score (nSPS) is 12.4. The molecule has 2 nitrogen and oxygen atoms in total. The Morgan fingerprint density at radius 3 is 2.94 bits per heavy atom. The van der Waals surface area contributed by atoms with Gasteiger partial charge in [-0.15, -0.1) is 6.58 Å². The average Bonchev–Trinajstić information content (AvgIpc) is 2.38. The minimum atomic E-state index is -0.336. The fourth-order valence-corrected chi connectivity index (χ4v) is 2.02. The molecule has 1 aromatic heterocycles. The van der Waals surface area contributed by atoms with E-state index in [0.29, 0.717) is 0 Å². The summed E-state index contributed by atoms with van der Waals surface area (Å²) in [6.45, 7) is 5.80. The molecule has 1 aromatic rings. The summed E-state index contributed by atoms with van der Waals surface area (Å²) in [5, 5.41) is 10.1. The molecule has 0 spiro atoms. The summed E-state index contributed by atoms with van der Waals surface area (Å²) in [6, 6.07) is 1.94. The van der Waals surface area contributed by atoms with Gasteiger partial charge in [-0.3, -0.25) is 4.98 Å². The summed E-state index contributed by atoms with van der Waals surface area (Å²) < 4.78 is 0. The lowest BCUT2D eigenvalue weighted by Crippen LogP contribution is -2.02. The van der Waals surface area contributed by atoms with E-state index in [2.05, 4.69) is 18.5 Å². The highest BCUT2D eigenvalue weighted by molar-refractivity contribution is 5.25. The Hall–Kier alpha value is -1.15. The molecule has 1 atom stereocenters.